The number of nitrogens with one attached hydrogen (secondary N) is 2. The van der Waals surface area contributed by atoms with E-state index >= 15 is 0 Å². The molecule has 2 heteroatoms. The van der Waals surface area contributed by atoms with Gasteiger partial charge >= 0.3 is 0 Å². The summed E-state index contributed by atoms with van der Waals surface area (Å²) in [6.07, 6.45) is 2.27. The summed E-state index contributed by atoms with van der Waals surface area (Å²) in [6.45, 7) is 7.14. The first-order valence-corrected chi connectivity index (χ1v) is 3.67. The van der Waals surface area contributed by atoms with Gasteiger partial charge in [-0.1, -0.05) is 6.92 Å². The third-order valence-electron chi connectivity index (χ3n) is 1.67. The van der Waals surface area contributed by atoms with E-state index in [9.17, 15) is 0 Å². The highest BCUT2D eigenvalue weighted by Gasteiger charge is 2.11. The van der Waals surface area contributed by atoms with Crippen molar-refractivity contribution in [3.05, 3.63) is 6.92 Å². The third-order valence-corrected chi connectivity index (χ3v) is 1.67. The van der Waals surface area contributed by atoms with Crippen LogP contribution in [0.4, 0.5) is 0 Å². The Kier molecular flexibility index (Phi) is 3.01. The van der Waals surface area contributed by atoms with E-state index in [0.29, 0.717) is 6.04 Å². The summed E-state index contributed by atoms with van der Waals surface area (Å²) in [5.41, 5.74) is 0. The molecule has 1 fully saturated rings. The molecule has 1 heterocycles. The smallest absolute Gasteiger partial charge is 0.0204 e. The predicted octanol–water partition coefficient (Wildman–Crippen LogP) is 0.162. The van der Waals surface area contributed by atoms with Gasteiger partial charge in [0.2, 0.25) is 0 Å². The molecule has 1 radical (unpaired) electrons. The van der Waals surface area contributed by atoms with Crippen LogP contribution in [0.1, 0.15) is 12.8 Å². The molecule has 1 atom stereocenters. The SMILES string of the molecule is [CH2]CCNC1CCNC1. The van der Waals surface area contributed by atoms with Gasteiger partial charge in [-0.25, -0.2) is 0 Å². The minimum absolute atomic E-state index is 0.715. The monoisotopic (exact) mass is 127 g/mol. The fraction of sp³-hybridized carbons (Fsp3) is 0.857. The van der Waals surface area contributed by atoms with Crippen LogP contribution in [0.2, 0.25) is 0 Å². The van der Waals surface area contributed by atoms with Crippen LogP contribution in [0.3, 0.4) is 0 Å². The highest BCUT2D eigenvalue weighted by molar-refractivity contribution is 4.76. The first kappa shape index (κ1) is 7.03. The Hall–Kier alpha value is -0.0800. The van der Waals surface area contributed by atoms with Crippen molar-refractivity contribution < 1.29 is 0 Å². The van der Waals surface area contributed by atoms with E-state index in [2.05, 4.69) is 17.6 Å². The molecule has 1 unspecified atom stereocenters. The van der Waals surface area contributed by atoms with Gasteiger partial charge in [0.05, 0.1) is 0 Å². The van der Waals surface area contributed by atoms with Gasteiger partial charge in [0, 0.05) is 12.6 Å². The zero-order chi connectivity index (χ0) is 6.53. The Bertz CT molecular complexity index is 67.3. The van der Waals surface area contributed by atoms with E-state index in [1.165, 1.54) is 13.0 Å². The van der Waals surface area contributed by atoms with Gasteiger partial charge in [0.1, 0.15) is 0 Å². The molecule has 0 aliphatic carbocycles. The van der Waals surface area contributed by atoms with Gasteiger partial charge in [-0.3, -0.25) is 0 Å². The van der Waals surface area contributed by atoms with Crippen LogP contribution >= 0.6 is 0 Å². The van der Waals surface area contributed by atoms with E-state index in [1.807, 2.05) is 0 Å². The van der Waals surface area contributed by atoms with Gasteiger partial charge in [0.15, 0.2) is 0 Å². The fourth-order valence-corrected chi connectivity index (χ4v) is 1.14. The molecule has 0 aromatic heterocycles. The molecule has 1 aliphatic rings. The minimum Gasteiger partial charge on any atom is -0.315 e. The largest absolute Gasteiger partial charge is 0.315 e. The molecule has 0 saturated carbocycles. The van der Waals surface area contributed by atoms with E-state index in [1.54, 1.807) is 0 Å². The Morgan fingerprint density at radius 1 is 1.67 bits per heavy atom. The van der Waals surface area contributed by atoms with Crippen LogP contribution in [-0.4, -0.2) is 25.7 Å². The van der Waals surface area contributed by atoms with Gasteiger partial charge in [-0.05, 0) is 25.9 Å². The molecular formula is C7H15N2. The van der Waals surface area contributed by atoms with Crippen molar-refractivity contribution in [1.82, 2.24) is 10.6 Å². The summed E-state index contributed by atoms with van der Waals surface area (Å²) in [6, 6.07) is 0.715. The second-order valence-corrected chi connectivity index (χ2v) is 2.50. The molecule has 0 amide bonds. The molecule has 1 rings (SSSR count). The molecule has 1 aliphatic heterocycles. The molecule has 0 aromatic carbocycles. The molecule has 0 aromatic rings. The topological polar surface area (TPSA) is 24.1 Å². The van der Waals surface area contributed by atoms with Crippen molar-refractivity contribution in [3.8, 4) is 0 Å². The Balaban J connectivity index is 1.98. The molecule has 0 bridgehead atoms. The van der Waals surface area contributed by atoms with Gasteiger partial charge in [-0.2, -0.15) is 0 Å². The molecule has 2 nitrogen and oxygen atoms in total. The standard InChI is InChI=1S/C7H15N2/c1-2-4-9-7-3-5-8-6-7/h7-9H,1-6H2. The van der Waals surface area contributed by atoms with E-state index in [0.717, 1.165) is 19.5 Å². The van der Waals surface area contributed by atoms with E-state index in [4.69, 9.17) is 0 Å². The molecule has 9 heavy (non-hydrogen) atoms. The van der Waals surface area contributed by atoms with Crippen LogP contribution in [0.25, 0.3) is 0 Å². The van der Waals surface area contributed by atoms with Crippen molar-refractivity contribution in [2.24, 2.45) is 0 Å². The fourth-order valence-electron chi connectivity index (χ4n) is 1.14. The van der Waals surface area contributed by atoms with Crippen LogP contribution in [0, 0.1) is 6.92 Å². The maximum atomic E-state index is 3.76. The second kappa shape index (κ2) is 3.85. The number of hydrogen-bond acceptors (Lipinski definition) is 2. The zero-order valence-electron chi connectivity index (χ0n) is 5.82. The van der Waals surface area contributed by atoms with E-state index < -0.39 is 0 Å². The van der Waals surface area contributed by atoms with Crippen LogP contribution in [0.5, 0.6) is 0 Å². The van der Waals surface area contributed by atoms with Gasteiger partial charge in [-0.15, -0.1) is 0 Å². The average molecular weight is 127 g/mol. The lowest BCUT2D eigenvalue weighted by molar-refractivity contribution is 0.553. The Labute approximate surface area is 57.0 Å². The molecular weight excluding hydrogens is 112 g/mol. The maximum Gasteiger partial charge on any atom is 0.0204 e. The minimum atomic E-state index is 0.715. The first-order valence-electron chi connectivity index (χ1n) is 3.67. The number of rotatable bonds is 3. The highest BCUT2D eigenvalue weighted by atomic mass is 15.0. The molecule has 2 N–H and O–H groups in total. The molecule has 1 saturated heterocycles. The first-order chi connectivity index (χ1) is 4.43. The molecule has 53 valence electrons. The van der Waals surface area contributed by atoms with Crippen LogP contribution < -0.4 is 10.6 Å². The van der Waals surface area contributed by atoms with Gasteiger partial charge < -0.3 is 10.6 Å². The summed E-state index contributed by atoms with van der Waals surface area (Å²) in [5, 5.41) is 6.70. The lowest BCUT2D eigenvalue weighted by atomic mass is 10.2. The van der Waals surface area contributed by atoms with Crippen molar-refractivity contribution >= 4 is 0 Å². The maximum absolute atomic E-state index is 3.76. The lowest BCUT2D eigenvalue weighted by Crippen LogP contribution is -2.31. The highest BCUT2D eigenvalue weighted by Crippen LogP contribution is 1.95. The summed E-state index contributed by atoms with van der Waals surface area (Å²) in [4.78, 5) is 0. The molecule has 0 spiro atoms. The summed E-state index contributed by atoms with van der Waals surface area (Å²) >= 11 is 0. The van der Waals surface area contributed by atoms with Crippen molar-refractivity contribution in [2.75, 3.05) is 19.6 Å². The normalized spacial score (nSPS) is 27.0. The summed E-state index contributed by atoms with van der Waals surface area (Å²) < 4.78 is 0. The predicted molar refractivity (Wildman–Crippen MR) is 39.3 cm³/mol. The van der Waals surface area contributed by atoms with Gasteiger partial charge in [0.25, 0.3) is 0 Å². The number of hydrogen-bond donors (Lipinski definition) is 2. The van der Waals surface area contributed by atoms with Crippen LogP contribution in [0.15, 0.2) is 0 Å². The Morgan fingerprint density at radius 3 is 3.11 bits per heavy atom. The quantitative estimate of drug-likeness (QED) is 0.564. The Morgan fingerprint density at radius 2 is 2.56 bits per heavy atom. The second-order valence-electron chi connectivity index (χ2n) is 2.50. The van der Waals surface area contributed by atoms with Crippen molar-refractivity contribution in [1.29, 1.82) is 0 Å². The zero-order valence-corrected chi connectivity index (χ0v) is 5.82. The average Bonchev–Trinajstić information content (AvgIpc) is 2.34. The summed E-state index contributed by atoms with van der Waals surface area (Å²) in [5.74, 6) is 0. The van der Waals surface area contributed by atoms with Crippen LogP contribution in [-0.2, 0) is 0 Å². The lowest BCUT2D eigenvalue weighted by Gasteiger charge is -2.08. The van der Waals surface area contributed by atoms with E-state index in [-0.39, 0.29) is 0 Å². The van der Waals surface area contributed by atoms with Crippen molar-refractivity contribution in [2.45, 2.75) is 18.9 Å². The third kappa shape index (κ3) is 2.33. The van der Waals surface area contributed by atoms with Crippen molar-refractivity contribution in [3.63, 3.8) is 0 Å². The summed E-state index contributed by atoms with van der Waals surface area (Å²) in [7, 11) is 0.